The number of hydrogen-bond acceptors (Lipinski definition) is 5. The Morgan fingerprint density at radius 1 is 1.38 bits per heavy atom. The number of aliphatic carboxylic acids is 1. The van der Waals surface area contributed by atoms with Crippen molar-refractivity contribution >= 4 is 28.7 Å². The Morgan fingerprint density at radius 2 is 2.23 bits per heavy atom. The molecule has 0 spiro atoms. The molecule has 3 rings (SSSR count). The number of carboxylic acids is 1. The molecule has 9 heteroatoms. The maximum absolute atomic E-state index is 12.1. The molecule has 0 saturated heterocycles. The molecule has 1 aromatic carbocycles. The minimum Gasteiger partial charge on any atom is -0.480 e. The summed E-state index contributed by atoms with van der Waals surface area (Å²) in [5.74, 6) is -0.755. The van der Waals surface area contributed by atoms with Gasteiger partial charge in [-0.3, -0.25) is 14.3 Å². The number of rotatable bonds is 8. The van der Waals surface area contributed by atoms with Crippen LogP contribution >= 0.6 is 0 Å². The van der Waals surface area contributed by atoms with Crippen LogP contribution < -0.4 is 10.6 Å². The highest BCUT2D eigenvalue weighted by atomic mass is 16.4. The van der Waals surface area contributed by atoms with Crippen LogP contribution in [0.3, 0.4) is 0 Å². The zero-order valence-electron chi connectivity index (χ0n) is 14.3. The first-order chi connectivity index (χ1) is 12.5. The lowest BCUT2D eigenvalue weighted by Gasteiger charge is -2.09. The Labute approximate surface area is 149 Å². The van der Waals surface area contributed by atoms with Crippen molar-refractivity contribution in [2.45, 2.75) is 25.9 Å². The molecule has 4 N–H and O–H groups in total. The summed E-state index contributed by atoms with van der Waals surface area (Å²) in [6.45, 7) is 2.90. The third kappa shape index (κ3) is 4.00. The average Bonchev–Trinajstić information content (AvgIpc) is 3.28. The number of fused-ring (bicyclic) bond motifs is 1. The zero-order valence-corrected chi connectivity index (χ0v) is 14.3. The molecule has 26 heavy (non-hydrogen) atoms. The molecule has 1 amide bonds. The summed E-state index contributed by atoms with van der Waals surface area (Å²) < 4.78 is 1.88. The highest BCUT2D eigenvalue weighted by Gasteiger charge is 2.16. The van der Waals surface area contributed by atoms with Gasteiger partial charge in [0.2, 0.25) is 0 Å². The number of H-pyrrole nitrogens is 1. The molecule has 136 valence electrons. The molecule has 9 nitrogen and oxygen atoms in total. The van der Waals surface area contributed by atoms with Crippen LogP contribution in [0.15, 0.2) is 36.8 Å². The lowest BCUT2D eigenvalue weighted by Crippen LogP contribution is -2.38. The van der Waals surface area contributed by atoms with Crippen LogP contribution in [-0.4, -0.2) is 49.3 Å². The summed E-state index contributed by atoms with van der Waals surface area (Å²) in [5, 5.41) is 19.7. The van der Waals surface area contributed by atoms with Gasteiger partial charge in [-0.15, -0.1) is 0 Å². The molecule has 0 radical (unpaired) electrons. The fourth-order valence-electron chi connectivity index (χ4n) is 2.55. The monoisotopic (exact) mass is 356 g/mol. The predicted octanol–water partition coefficient (Wildman–Crippen LogP) is 1.46. The van der Waals surface area contributed by atoms with Gasteiger partial charge in [0.25, 0.3) is 5.91 Å². The first kappa shape index (κ1) is 17.5. The SMILES string of the molecule is CC(NC(=O)c1ccc2c(cnn2CCCNc2ncc[nH]2)c1)C(=O)O. The number of amides is 1. The molecule has 0 saturated carbocycles. The first-order valence-corrected chi connectivity index (χ1v) is 8.27. The number of nitrogens with zero attached hydrogens (tertiary/aromatic N) is 3. The van der Waals surface area contributed by atoms with Crippen molar-refractivity contribution in [1.82, 2.24) is 25.1 Å². The molecule has 1 unspecified atom stereocenters. The summed E-state index contributed by atoms with van der Waals surface area (Å²) >= 11 is 0. The van der Waals surface area contributed by atoms with Gasteiger partial charge in [0.15, 0.2) is 5.95 Å². The number of anilines is 1. The van der Waals surface area contributed by atoms with E-state index >= 15 is 0 Å². The second kappa shape index (κ2) is 7.68. The van der Waals surface area contributed by atoms with E-state index in [1.165, 1.54) is 6.92 Å². The Hall–Kier alpha value is -3.36. The Balaban J connectivity index is 1.61. The molecular weight excluding hydrogens is 336 g/mol. The number of nitrogens with one attached hydrogen (secondary N) is 3. The quantitative estimate of drug-likeness (QED) is 0.453. The lowest BCUT2D eigenvalue weighted by molar-refractivity contribution is -0.138. The largest absolute Gasteiger partial charge is 0.480 e. The van der Waals surface area contributed by atoms with Crippen LogP contribution in [0.1, 0.15) is 23.7 Å². The van der Waals surface area contributed by atoms with Crippen LogP contribution in [0.4, 0.5) is 5.95 Å². The van der Waals surface area contributed by atoms with Gasteiger partial charge < -0.3 is 20.7 Å². The number of benzene rings is 1. The number of carbonyl (C=O) groups excluding carboxylic acids is 1. The molecule has 0 fully saturated rings. The van der Waals surface area contributed by atoms with Crippen molar-refractivity contribution in [3.05, 3.63) is 42.4 Å². The molecule has 1 atom stereocenters. The second-order valence-corrected chi connectivity index (χ2v) is 5.89. The van der Waals surface area contributed by atoms with Gasteiger partial charge in [-0.1, -0.05) is 0 Å². The number of carboxylic acid groups (broad SMARTS) is 1. The van der Waals surface area contributed by atoms with Crippen molar-refractivity contribution < 1.29 is 14.7 Å². The normalized spacial score (nSPS) is 12.0. The van der Waals surface area contributed by atoms with E-state index in [0.29, 0.717) is 5.56 Å². The lowest BCUT2D eigenvalue weighted by atomic mass is 10.1. The number of hydrogen-bond donors (Lipinski definition) is 4. The summed E-state index contributed by atoms with van der Waals surface area (Å²) in [5.41, 5.74) is 1.33. The highest BCUT2D eigenvalue weighted by molar-refractivity contribution is 5.99. The smallest absolute Gasteiger partial charge is 0.325 e. The van der Waals surface area contributed by atoms with Gasteiger partial charge in [-0.05, 0) is 31.5 Å². The maximum atomic E-state index is 12.1. The molecule has 3 aromatic rings. The van der Waals surface area contributed by atoms with Gasteiger partial charge in [0.1, 0.15) is 6.04 Å². The number of aromatic nitrogens is 4. The first-order valence-electron chi connectivity index (χ1n) is 8.27. The third-order valence-electron chi connectivity index (χ3n) is 3.96. The number of aryl methyl sites for hydroxylation is 1. The van der Waals surface area contributed by atoms with Gasteiger partial charge in [0.05, 0.1) is 11.7 Å². The predicted molar refractivity (Wildman–Crippen MR) is 96.0 cm³/mol. The minimum absolute atomic E-state index is 0.407. The molecule has 0 bridgehead atoms. The van der Waals surface area contributed by atoms with Crippen LogP contribution in [0.2, 0.25) is 0 Å². The second-order valence-electron chi connectivity index (χ2n) is 5.89. The average molecular weight is 356 g/mol. The number of carbonyl (C=O) groups is 2. The molecule has 0 aliphatic carbocycles. The van der Waals surface area contributed by atoms with E-state index in [2.05, 4.69) is 25.7 Å². The van der Waals surface area contributed by atoms with Crippen molar-refractivity contribution in [3.63, 3.8) is 0 Å². The van der Waals surface area contributed by atoms with E-state index in [1.807, 2.05) is 10.7 Å². The van der Waals surface area contributed by atoms with Crippen molar-refractivity contribution in [2.75, 3.05) is 11.9 Å². The van der Waals surface area contributed by atoms with Gasteiger partial charge in [-0.25, -0.2) is 4.98 Å². The van der Waals surface area contributed by atoms with E-state index in [1.54, 1.807) is 30.7 Å². The highest BCUT2D eigenvalue weighted by Crippen LogP contribution is 2.16. The molecule has 0 aliphatic rings. The number of imidazole rings is 1. The van der Waals surface area contributed by atoms with Gasteiger partial charge in [0, 0.05) is 36.4 Å². The van der Waals surface area contributed by atoms with Gasteiger partial charge in [-0.2, -0.15) is 5.10 Å². The molecule has 0 aliphatic heterocycles. The van der Waals surface area contributed by atoms with Crippen molar-refractivity contribution in [2.24, 2.45) is 0 Å². The maximum Gasteiger partial charge on any atom is 0.325 e. The summed E-state index contributed by atoms with van der Waals surface area (Å²) in [7, 11) is 0. The fraction of sp³-hybridized carbons (Fsp3) is 0.294. The topological polar surface area (TPSA) is 125 Å². The van der Waals surface area contributed by atoms with E-state index in [-0.39, 0.29) is 0 Å². The summed E-state index contributed by atoms with van der Waals surface area (Å²) in [6, 6.07) is 4.26. The Kier molecular flexibility index (Phi) is 5.16. The Morgan fingerprint density at radius 3 is 2.96 bits per heavy atom. The minimum atomic E-state index is -1.07. The van der Waals surface area contributed by atoms with E-state index in [9.17, 15) is 9.59 Å². The van der Waals surface area contributed by atoms with Crippen molar-refractivity contribution in [1.29, 1.82) is 0 Å². The van der Waals surface area contributed by atoms with Crippen LogP contribution in [0.25, 0.3) is 10.9 Å². The van der Waals surface area contributed by atoms with E-state index in [0.717, 1.165) is 36.4 Å². The fourth-order valence-corrected chi connectivity index (χ4v) is 2.55. The molecule has 2 heterocycles. The summed E-state index contributed by atoms with van der Waals surface area (Å²) in [4.78, 5) is 30.0. The van der Waals surface area contributed by atoms with Crippen LogP contribution in [-0.2, 0) is 11.3 Å². The van der Waals surface area contributed by atoms with Crippen LogP contribution in [0.5, 0.6) is 0 Å². The molecular formula is C17H20N6O3. The zero-order chi connectivity index (χ0) is 18.5. The summed E-state index contributed by atoms with van der Waals surface area (Å²) in [6.07, 6.45) is 6.01. The number of aromatic amines is 1. The van der Waals surface area contributed by atoms with Crippen LogP contribution in [0, 0.1) is 0 Å². The third-order valence-corrected chi connectivity index (χ3v) is 3.96. The Bertz CT molecular complexity index is 903. The molecule has 2 aromatic heterocycles. The standard InChI is InChI=1S/C17H20N6O3/c1-11(16(25)26)22-15(24)12-3-4-14-13(9-12)10-21-23(14)8-2-5-18-17-19-6-7-20-17/h3-4,6-7,9-11H,2,5,8H2,1H3,(H,22,24)(H,25,26)(H2,18,19,20). The van der Waals surface area contributed by atoms with E-state index < -0.39 is 17.9 Å². The van der Waals surface area contributed by atoms with Gasteiger partial charge >= 0.3 is 5.97 Å². The van der Waals surface area contributed by atoms with Crippen molar-refractivity contribution in [3.8, 4) is 0 Å². The van der Waals surface area contributed by atoms with E-state index in [4.69, 9.17) is 5.11 Å².